The molecule has 38 valence electrons. The van der Waals surface area contributed by atoms with E-state index in [1.54, 1.807) is 13.8 Å². The second-order valence-corrected chi connectivity index (χ2v) is 2.77. The Morgan fingerprint density at radius 3 is 1.71 bits per heavy atom. The average molecular weight is 114 g/mol. The Bertz CT molecular complexity index is 64.0. The van der Waals surface area contributed by atoms with Gasteiger partial charge in [-0.15, -0.1) is 0 Å². The first-order valence-electron chi connectivity index (χ1n) is 1.72. The van der Waals surface area contributed by atoms with Crippen molar-refractivity contribution in [3.8, 4) is 0 Å². The molecule has 0 saturated heterocycles. The minimum Gasteiger partial charge on any atom is -0.772 e. The van der Waals surface area contributed by atoms with E-state index in [1.165, 1.54) is 0 Å². The zero-order valence-electron chi connectivity index (χ0n) is 4.80. The van der Waals surface area contributed by atoms with Gasteiger partial charge in [0.25, 0.3) is 0 Å². The summed E-state index contributed by atoms with van der Waals surface area (Å²) in [5, 5.41) is -0.231. The molecule has 0 radical (unpaired) electrons. The summed E-state index contributed by atoms with van der Waals surface area (Å²) in [5.74, 6) is 0. The quantitative estimate of drug-likeness (QED) is 0.274. The molecule has 0 aliphatic carbocycles. The van der Waals surface area contributed by atoms with Gasteiger partial charge in [-0.3, -0.25) is 4.21 Å². The zero-order chi connectivity index (χ0) is 5.15. The summed E-state index contributed by atoms with van der Waals surface area (Å²) in [5.41, 5.74) is 0. The number of rotatable bonds is 1. The normalized spacial score (nSPS) is 13.1. The molecule has 7 heavy (non-hydrogen) atoms. The van der Waals surface area contributed by atoms with Crippen LogP contribution in [0.4, 0.5) is 0 Å². The van der Waals surface area contributed by atoms with Gasteiger partial charge in [-0.25, -0.2) is 0 Å². The molecule has 0 aromatic heterocycles. The third kappa shape index (κ3) is 6.71. The van der Waals surface area contributed by atoms with Crippen LogP contribution in [-0.2, 0) is 11.1 Å². The van der Waals surface area contributed by atoms with E-state index in [0.29, 0.717) is 0 Å². The summed E-state index contributed by atoms with van der Waals surface area (Å²) >= 11 is -1.87. The summed E-state index contributed by atoms with van der Waals surface area (Å²) < 4.78 is 19.4. The van der Waals surface area contributed by atoms with Crippen molar-refractivity contribution in [2.24, 2.45) is 0 Å². The minimum atomic E-state index is -1.87. The first-order chi connectivity index (χ1) is 2.64. The van der Waals surface area contributed by atoms with Crippen molar-refractivity contribution in [1.29, 1.82) is 0 Å². The molecule has 4 heteroatoms. The Balaban J connectivity index is 0. The van der Waals surface area contributed by atoms with Crippen LogP contribution in [0.5, 0.6) is 0 Å². The largest absolute Gasteiger partial charge is 1.00 e. The van der Waals surface area contributed by atoms with Gasteiger partial charge < -0.3 is 4.55 Å². The van der Waals surface area contributed by atoms with Gasteiger partial charge in [-0.2, -0.15) is 0 Å². The van der Waals surface area contributed by atoms with Gasteiger partial charge in [0, 0.05) is 5.25 Å². The third-order valence-electron chi connectivity index (χ3n) is 0.385. The molecule has 0 aliphatic heterocycles. The average Bonchev–Trinajstić information content (AvgIpc) is 1.36. The maximum atomic E-state index is 9.70. The second-order valence-electron chi connectivity index (χ2n) is 1.31. The fraction of sp³-hybridized carbons (Fsp3) is 1.00. The molecule has 1 atom stereocenters. The summed E-state index contributed by atoms with van der Waals surface area (Å²) in [4.78, 5) is 0. The van der Waals surface area contributed by atoms with Crippen LogP contribution in [0.15, 0.2) is 0 Å². The summed E-state index contributed by atoms with van der Waals surface area (Å²) in [6.07, 6.45) is 0. The molecule has 0 bridgehead atoms. The molecule has 0 saturated carbocycles. The topological polar surface area (TPSA) is 40.1 Å². The fourth-order valence-electron chi connectivity index (χ4n) is 0. The van der Waals surface area contributed by atoms with Crippen molar-refractivity contribution in [2.75, 3.05) is 0 Å². The molecular weight excluding hydrogens is 107 g/mol. The van der Waals surface area contributed by atoms with Crippen LogP contribution in [0, 0.1) is 0 Å². The van der Waals surface area contributed by atoms with Crippen molar-refractivity contribution in [3.63, 3.8) is 0 Å². The Kier molecular flexibility index (Phi) is 7.39. The predicted molar refractivity (Wildman–Crippen MR) is 24.1 cm³/mol. The van der Waals surface area contributed by atoms with Crippen molar-refractivity contribution in [2.45, 2.75) is 19.1 Å². The first-order valence-corrected chi connectivity index (χ1v) is 2.86. The van der Waals surface area contributed by atoms with Gasteiger partial charge in [-0.05, 0) is 0 Å². The van der Waals surface area contributed by atoms with Gasteiger partial charge in [0.1, 0.15) is 0 Å². The molecule has 0 aliphatic rings. The van der Waals surface area contributed by atoms with Gasteiger partial charge in [0.15, 0.2) is 0 Å². The standard InChI is InChI=1S/C3H8O2S.Li/c1-3(2)6(4)5;/h3H,1-2H3,(H,4,5);/q;+1/p-1. The van der Waals surface area contributed by atoms with Crippen molar-refractivity contribution < 1.29 is 27.6 Å². The van der Waals surface area contributed by atoms with Crippen LogP contribution in [0.3, 0.4) is 0 Å². The third-order valence-corrected chi connectivity index (χ3v) is 1.15. The molecule has 1 unspecified atom stereocenters. The zero-order valence-corrected chi connectivity index (χ0v) is 5.62. The van der Waals surface area contributed by atoms with E-state index in [-0.39, 0.29) is 24.1 Å². The van der Waals surface area contributed by atoms with Crippen LogP contribution in [0.2, 0.25) is 0 Å². The maximum absolute atomic E-state index is 9.70. The van der Waals surface area contributed by atoms with E-state index in [2.05, 4.69) is 0 Å². The van der Waals surface area contributed by atoms with Gasteiger partial charge in [0.05, 0.1) is 0 Å². The van der Waals surface area contributed by atoms with E-state index >= 15 is 0 Å². The number of hydrogen-bond acceptors (Lipinski definition) is 2. The maximum Gasteiger partial charge on any atom is 1.00 e. The second kappa shape index (κ2) is 4.86. The Labute approximate surface area is 58.1 Å². The molecule has 0 fully saturated rings. The monoisotopic (exact) mass is 114 g/mol. The van der Waals surface area contributed by atoms with E-state index in [4.69, 9.17) is 0 Å². The van der Waals surface area contributed by atoms with Crippen molar-refractivity contribution >= 4 is 11.1 Å². The Hall–Kier alpha value is 0.707. The molecule has 0 rings (SSSR count). The van der Waals surface area contributed by atoms with Gasteiger partial charge in [-0.1, -0.05) is 24.9 Å². The summed E-state index contributed by atoms with van der Waals surface area (Å²) in [7, 11) is 0. The van der Waals surface area contributed by atoms with Gasteiger partial charge in [0.2, 0.25) is 0 Å². The molecule has 0 amide bonds. The van der Waals surface area contributed by atoms with E-state index in [0.717, 1.165) is 0 Å². The van der Waals surface area contributed by atoms with Crippen molar-refractivity contribution in [1.82, 2.24) is 0 Å². The molecule has 0 heterocycles. The number of hydrogen-bond donors (Lipinski definition) is 0. The molecule has 2 nitrogen and oxygen atoms in total. The van der Waals surface area contributed by atoms with Gasteiger partial charge >= 0.3 is 18.9 Å². The fourth-order valence-corrected chi connectivity index (χ4v) is 0. The molecule has 0 aromatic carbocycles. The van der Waals surface area contributed by atoms with Crippen LogP contribution < -0.4 is 18.9 Å². The molecular formula is C3H7LiO2S. The van der Waals surface area contributed by atoms with E-state index in [9.17, 15) is 8.76 Å². The SMILES string of the molecule is CC(C)S(=O)[O-].[Li+]. The summed E-state index contributed by atoms with van der Waals surface area (Å²) in [6, 6.07) is 0. The first kappa shape index (κ1) is 10.6. The van der Waals surface area contributed by atoms with E-state index in [1.807, 2.05) is 0 Å². The summed E-state index contributed by atoms with van der Waals surface area (Å²) in [6.45, 7) is 3.26. The van der Waals surface area contributed by atoms with Crippen LogP contribution in [-0.4, -0.2) is 14.0 Å². The molecule has 0 spiro atoms. The van der Waals surface area contributed by atoms with Crippen LogP contribution in [0.25, 0.3) is 0 Å². The predicted octanol–water partition coefficient (Wildman–Crippen LogP) is -2.72. The molecule has 0 N–H and O–H groups in total. The van der Waals surface area contributed by atoms with E-state index < -0.39 is 11.1 Å². The Morgan fingerprint density at radius 2 is 1.71 bits per heavy atom. The van der Waals surface area contributed by atoms with Crippen LogP contribution in [0.1, 0.15) is 13.8 Å². The smallest absolute Gasteiger partial charge is 0.772 e. The van der Waals surface area contributed by atoms with Crippen molar-refractivity contribution in [3.05, 3.63) is 0 Å². The van der Waals surface area contributed by atoms with Crippen LogP contribution >= 0.6 is 0 Å². The molecule has 0 aromatic rings. The minimum absolute atomic E-state index is 0. The Morgan fingerprint density at radius 1 is 1.57 bits per heavy atom.